The molecular formula is C19H26N2O3S. The monoisotopic (exact) mass is 362 g/mol. The molecule has 0 spiro atoms. The molecular weight excluding hydrogens is 336 g/mol. The van der Waals surface area contributed by atoms with Crippen LogP contribution >= 0.6 is 11.3 Å². The number of thiazole rings is 1. The number of carbonyl (C=O) groups excluding carboxylic acids is 1. The lowest BCUT2D eigenvalue weighted by atomic mass is 9.88. The fourth-order valence-corrected chi connectivity index (χ4v) is 3.14. The molecule has 0 aliphatic heterocycles. The van der Waals surface area contributed by atoms with E-state index < -0.39 is 0 Å². The van der Waals surface area contributed by atoms with Crippen LogP contribution in [0.4, 0.5) is 0 Å². The van der Waals surface area contributed by atoms with Crippen LogP contribution in [0.15, 0.2) is 18.2 Å². The van der Waals surface area contributed by atoms with Crippen molar-refractivity contribution in [3.05, 3.63) is 28.8 Å². The van der Waals surface area contributed by atoms with E-state index in [0.29, 0.717) is 16.4 Å². The van der Waals surface area contributed by atoms with Crippen LogP contribution in [-0.4, -0.2) is 31.2 Å². The summed E-state index contributed by atoms with van der Waals surface area (Å²) in [7, 11) is 3.20. The quantitative estimate of drug-likeness (QED) is 0.861. The van der Waals surface area contributed by atoms with E-state index in [9.17, 15) is 4.79 Å². The highest BCUT2D eigenvalue weighted by molar-refractivity contribution is 7.17. The zero-order valence-corrected chi connectivity index (χ0v) is 16.7. The Morgan fingerprint density at radius 2 is 1.84 bits per heavy atom. The van der Waals surface area contributed by atoms with Crippen molar-refractivity contribution in [2.24, 2.45) is 5.41 Å². The third-order valence-corrected chi connectivity index (χ3v) is 5.49. The van der Waals surface area contributed by atoms with E-state index in [1.165, 1.54) is 11.3 Å². The molecule has 0 saturated heterocycles. The lowest BCUT2D eigenvalue weighted by Crippen LogP contribution is -2.41. The largest absolute Gasteiger partial charge is 0.493 e. The predicted octanol–water partition coefficient (Wildman–Crippen LogP) is 4.30. The Kier molecular flexibility index (Phi) is 5.72. The van der Waals surface area contributed by atoms with Crippen LogP contribution in [0.3, 0.4) is 0 Å². The first kappa shape index (κ1) is 19.2. The van der Waals surface area contributed by atoms with Gasteiger partial charge in [-0.1, -0.05) is 20.8 Å². The Labute approximate surface area is 153 Å². The first-order chi connectivity index (χ1) is 11.7. The number of rotatable bonds is 5. The van der Waals surface area contributed by atoms with Crippen molar-refractivity contribution in [3.8, 4) is 22.1 Å². The van der Waals surface area contributed by atoms with Crippen molar-refractivity contribution >= 4 is 17.2 Å². The first-order valence-electron chi connectivity index (χ1n) is 8.18. The number of methoxy groups -OCH3 is 2. The summed E-state index contributed by atoms with van der Waals surface area (Å²) in [5.41, 5.74) is 1.63. The highest BCUT2D eigenvalue weighted by Gasteiger charge is 2.24. The number of carbonyl (C=O) groups is 1. The molecule has 2 rings (SSSR count). The number of nitrogens with zero attached hydrogens (tertiary/aromatic N) is 1. The van der Waals surface area contributed by atoms with Gasteiger partial charge in [-0.05, 0) is 37.5 Å². The summed E-state index contributed by atoms with van der Waals surface area (Å²) in [6, 6.07) is 5.69. The van der Waals surface area contributed by atoms with Gasteiger partial charge in [0.05, 0.1) is 19.9 Å². The molecule has 0 saturated carbocycles. The maximum atomic E-state index is 12.6. The Balaban J connectivity index is 2.29. The van der Waals surface area contributed by atoms with Crippen LogP contribution in [0.25, 0.3) is 10.6 Å². The Hall–Kier alpha value is -2.08. The minimum absolute atomic E-state index is 0.000429. The fourth-order valence-electron chi connectivity index (χ4n) is 2.18. The van der Waals surface area contributed by atoms with Gasteiger partial charge in [0.2, 0.25) is 0 Å². The van der Waals surface area contributed by atoms with Gasteiger partial charge in [-0.15, -0.1) is 11.3 Å². The number of amides is 1. The first-order valence-corrected chi connectivity index (χ1v) is 8.99. The normalized spacial score (nSPS) is 12.6. The Bertz CT molecular complexity index is 763. The van der Waals surface area contributed by atoms with Crippen LogP contribution < -0.4 is 14.8 Å². The molecule has 0 bridgehead atoms. The summed E-state index contributed by atoms with van der Waals surface area (Å²) in [4.78, 5) is 17.8. The van der Waals surface area contributed by atoms with Gasteiger partial charge < -0.3 is 14.8 Å². The van der Waals surface area contributed by atoms with E-state index in [1.54, 1.807) is 14.2 Å². The number of ether oxygens (including phenoxy) is 2. The standard InChI is InChI=1S/C19H26N2O3S/c1-11-16(17(22)21-12(2)19(3,4)5)25-18(20-11)13-8-9-14(23-6)15(10-13)24-7/h8-10,12H,1-7H3,(H,21,22). The molecule has 1 unspecified atom stereocenters. The number of nitrogens with one attached hydrogen (secondary N) is 1. The minimum atomic E-state index is -0.0795. The third kappa shape index (κ3) is 4.31. The van der Waals surface area contributed by atoms with Crippen molar-refractivity contribution < 1.29 is 14.3 Å². The van der Waals surface area contributed by atoms with E-state index in [4.69, 9.17) is 9.47 Å². The number of aromatic nitrogens is 1. The lowest BCUT2D eigenvalue weighted by Gasteiger charge is -2.27. The van der Waals surface area contributed by atoms with Crippen molar-refractivity contribution in [2.45, 2.75) is 40.7 Å². The molecule has 1 N–H and O–H groups in total. The third-order valence-electron chi connectivity index (χ3n) is 4.28. The summed E-state index contributed by atoms with van der Waals surface area (Å²) < 4.78 is 10.6. The van der Waals surface area contributed by atoms with E-state index in [1.807, 2.05) is 32.0 Å². The molecule has 0 fully saturated rings. The maximum Gasteiger partial charge on any atom is 0.263 e. The van der Waals surface area contributed by atoms with Gasteiger partial charge in [0.15, 0.2) is 11.5 Å². The smallest absolute Gasteiger partial charge is 0.263 e. The van der Waals surface area contributed by atoms with Crippen molar-refractivity contribution in [2.75, 3.05) is 14.2 Å². The molecule has 0 aliphatic rings. The Morgan fingerprint density at radius 3 is 2.40 bits per heavy atom. The summed E-state index contributed by atoms with van der Waals surface area (Å²) >= 11 is 1.39. The average Bonchev–Trinajstić information content (AvgIpc) is 2.95. The predicted molar refractivity (Wildman–Crippen MR) is 102 cm³/mol. The molecule has 136 valence electrons. The van der Waals surface area contributed by atoms with E-state index in [0.717, 1.165) is 16.3 Å². The fraction of sp³-hybridized carbons (Fsp3) is 0.474. The van der Waals surface area contributed by atoms with E-state index in [-0.39, 0.29) is 17.4 Å². The zero-order chi connectivity index (χ0) is 18.8. The molecule has 0 aliphatic carbocycles. The van der Waals surface area contributed by atoms with Gasteiger partial charge in [0.25, 0.3) is 5.91 Å². The molecule has 1 atom stereocenters. The molecule has 1 aromatic carbocycles. The summed E-state index contributed by atoms with van der Waals surface area (Å²) in [5, 5.41) is 3.85. The Morgan fingerprint density at radius 1 is 1.20 bits per heavy atom. The highest BCUT2D eigenvalue weighted by atomic mass is 32.1. The maximum absolute atomic E-state index is 12.6. The molecule has 5 nitrogen and oxygen atoms in total. The molecule has 2 aromatic rings. The highest BCUT2D eigenvalue weighted by Crippen LogP contribution is 2.35. The number of benzene rings is 1. The van der Waals surface area contributed by atoms with Gasteiger partial charge in [-0.25, -0.2) is 4.98 Å². The van der Waals surface area contributed by atoms with Crippen LogP contribution in [0.2, 0.25) is 0 Å². The second-order valence-corrected chi connectivity index (χ2v) is 8.06. The van der Waals surface area contributed by atoms with Crippen LogP contribution in [0.1, 0.15) is 43.1 Å². The number of aryl methyl sites for hydroxylation is 1. The van der Waals surface area contributed by atoms with Gasteiger partial charge >= 0.3 is 0 Å². The van der Waals surface area contributed by atoms with E-state index >= 15 is 0 Å². The summed E-state index contributed by atoms with van der Waals surface area (Å²) in [6.07, 6.45) is 0. The van der Waals surface area contributed by atoms with Gasteiger partial charge in [0.1, 0.15) is 9.88 Å². The lowest BCUT2D eigenvalue weighted by molar-refractivity contribution is 0.0913. The van der Waals surface area contributed by atoms with Crippen LogP contribution in [-0.2, 0) is 0 Å². The molecule has 1 aromatic heterocycles. The molecule has 0 radical (unpaired) electrons. The van der Waals surface area contributed by atoms with Crippen LogP contribution in [0.5, 0.6) is 11.5 Å². The van der Waals surface area contributed by atoms with Gasteiger partial charge in [0, 0.05) is 11.6 Å². The van der Waals surface area contributed by atoms with Gasteiger partial charge in [-0.2, -0.15) is 0 Å². The molecule has 25 heavy (non-hydrogen) atoms. The molecule has 1 heterocycles. The second kappa shape index (κ2) is 7.44. The van der Waals surface area contributed by atoms with E-state index in [2.05, 4.69) is 31.1 Å². The second-order valence-electron chi connectivity index (χ2n) is 7.06. The number of hydrogen-bond acceptors (Lipinski definition) is 5. The van der Waals surface area contributed by atoms with Crippen LogP contribution in [0, 0.1) is 12.3 Å². The van der Waals surface area contributed by atoms with Gasteiger partial charge in [-0.3, -0.25) is 4.79 Å². The minimum Gasteiger partial charge on any atom is -0.493 e. The SMILES string of the molecule is COc1ccc(-c2nc(C)c(C(=O)NC(C)C(C)(C)C)s2)cc1OC. The number of hydrogen-bond donors (Lipinski definition) is 1. The topological polar surface area (TPSA) is 60.5 Å². The molecule has 1 amide bonds. The summed E-state index contributed by atoms with van der Waals surface area (Å²) in [6.45, 7) is 10.2. The molecule has 6 heteroatoms. The average molecular weight is 362 g/mol. The summed E-state index contributed by atoms with van der Waals surface area (Å²) in [5.74, 6) is 1.22. The van der Waals surface area contributed by atoms with Crippen molar-refractivity contribution in [1.29, 1.82) is 0 Å². The van der Waals surface area contributed by atoms with Crippen molar-refractivity contribution in [3.63, 3.8) is 0 Å². The van der Waals surface area contributed by atoms with Crippen molar-refractivity contribution in [1.82, 2.24) is 10.3 Å². The zero-order valence-electron chi connectivity index (χ0n) is 15.9.